The van der Waals surface area contributed by atoms with Crippen molar-refractivity contribution in [2.45, 2.75) is 10.1 Å². The second-order valence-corrected chi connectivity index (χ2v) is 6.68. The second-order valence-electron chi connectivity index (χ2n) is 4.48. The molecule has 11 heteroatoms. The van der Waals surface area contributed by atoms with Crippen molar-refractivity contribution in [3.05, 3.63) is 35.9 Å². The average molecular weight is 364 g/mol. The number of nitrogens with one attached hydrogen (secondary N) is 2. The SMILES string of the molecule is CNc1nnc(SCc2nc(N)nc(Nc3ccc(F)cc3)n2)s1. The Morgan fingerprint density at radius 3 is 2.67 bits per heavy atom. The predicted octanol–water partition coefficient (Wildman–Crippen LogP) is 2.52. The highest BCUT2D eigenvalue weighted by Crippen LogP contribution is 2.27. The zero-order valence-electron chi connectivity index (χ0n) is 12.5. The first-order valence-corrected chi connectivity index (χ1v) is 8.59. The second kappa shape index (κ2) is 7.36. The summed E-state index contributed by atoms with van der Waals surface area (Å²) in [4.78, 5) is 12.4. The van der Waals surface area contributed by atoms with Gasteiger partial charge in [-0.25, -0.2) is 4.39 Å². The van der Waals surface area contributed by atoms with E-state index in [0.717, 1.165) is 9.47 Å². The summed E-state index contributed by atoms with van der Waals surface area (Å²) in [5, 5.41) is 14.6. The van der Waals surface area contributed by atoms with Crippen molar-refractivity contribution in [2.24, 2.45) is 0 Å². The van der Waals surface area contributed by atoms with Gasteiger partial charge in [0.1, 0.15) is 11.6 Å². The van der Waals surface area contributed by atoms with Gasteiger partial charge in [0.25, 0.3) is 0 Å². The molecule has 1 aromatic carbocycles. The van der Waals surface area contributed by atoms with Crippen LogP contribution in [0.1, 0.15) is 5.82 Å². The van der Waals surface area contributed by atoms with Crippen molar-refractivity contribution in [3.63, 3.8) is 0 Å². The number of hydrogen-bond acceptors (Lipinski definition) is 10. The summed E-state index contributed by atoms with van der Waals surface area (Å²) in [6, 6.07) is 5.87. The minimum absolute atomic E-state index is 0.110. The van der Waals surface area contributed by atoms with E-state index in [1.165, 1.54) is 35.2 Å². The highest BCUT2D eigenvalue weighted by atomic mass is 32.2. The van der Waals surface area contributed by atoms with Gasteiger partial charge in [0, 0.05) is 12.7 Å². The Balaban J connectivity index is 1.69. The van der Waals surface area contributed by atoms with E-state index in [1.807, 2.05) is 0 Å². The summed E-state index contributed by atoms with van der Waals surface area (Å²) in [7, 11) is 1.79. The summed E-state index contributed by atoms with van der Waals surface area (Å²) in [5.41, 5.74) is 6.38. The van der Waals surface area contributed by atoms with Crippen molar-refractivity contribution in [3.8, 4) is 0 Å². The van der Waals surface area contributed by atoms with E-state index < -0.39 is 0 Å². The van der Waals surface area contributed by atoms with Crippen LogP contribution in [0.5, 0.6) is 0 Å². The third-order valence-corrected chi connectivity index (χ3v) is 4.81. The topological polar surface area (TPSA) is 115 Å². The molecule has 0 aliphatic rings. The molecular formula is C13H13FN8S2. The lowest BCUT2D eigenvalue weighted by atomic mass is 10.3. The molecule has 0 bridgehead atoms. The van der Waals surface area contributed by atoms with Crippen LogP contribution in [0, 0.1) is 5.82 Å². The van der Waals surface area contributed by atoms with Crippen LogP contribution in [0.4, 0.5) is 27.1 Å². The normalized spacial score (nSPS) is 10.6. The Morgan fingerprint density at radius 2 is 1.96 bits per heavy atom. The Morgan fingerprint density at radius 1 is 1.17 bits per heavy atom. The molecule has 0 atom stereocenters. The van der Waals surface area contributed by atoms with Gasteiger partial charge in [-0.3, -0.25) is 0 Å². The molecule has 4 N–H and O–H groups in total. The first-order valence-electron chi connectivity index (χ1n) is 6.79. The molecule has 0 aliphatic carbocycles. The zero-order valence-corrected chi connectivity index (χ0v) is 14.2. The van der Waals surface area contributed by atoms with E-state index >= 15 is 0 Å². The number of anilines is 4. The zero-order chi connectivity index (χ0) is 16.9. The van der Waals surface area contributed by atoms with E-state index in [4.69, 9.17) is 5.73 Å². The molecule has 3 rings (SSSR count). The van der Waals surface area contributed by atoms with Crippen molar-refractivity contribution in [1.29, 1.82) is 0 Å². The van der Waals surface area contributed by atoms with E-state index in [-0.39, 0.29) is 11.8 Å². The summed E-state index contributed by atoms with van der Waals surface area (Å²) >= 11 is 2.90. The third-order valence-electron chi connectivity index (χ3n) is 2.74. The van der Waals surface area contributed by atoms with Gasteiger partial charge in [0.05, 0.1) is 5.75 Å². The van der Waals surface area contributed by atoms with E-state index in [9.17, 15) is 4.39 Å². The lowest BCUT2D eigenvalue weighted by Crippen LogP contribution is -2.06. The molecule has 2 aromatic heterocycles. The molecule has 124 valence electrons. The lowest BCUT2D eigenvalue weighted by Gasteiger charge is -2.06. The Kier molecular flexibility index (Phi) is 5.01. The largest absolute Gasteiger partial charge is 0.368 e. The Hall–Kier alpha value is -2.53. The summed E-state index contributed by atoms with van der Waals surface area (Å²) in [5.74, 6) is 1.09. The van der Waals surface area contributed by atoms with Crippen LogP contribution in [0.3, 0.4) is 0 Å². The monoisotopic (exact) mass is 364 g/mol. The predicted molar refractivity (Wildman–Crippen MR) is 92.9 cm³/mol. The maximum absolute atomic E-state index is 12.9. The summed E-state index contributed by atoms with van der Waals surface area (Å²) in [6.45, 7) is 0. The van der Waals surface area contributed by atoms with E-state index in [2.05, 4.69) is 35.8 Å². The molecule has 0 aliphatic heterocycles. The van der Waals surface area contributed by atoms with Crippen LogP contribution in [0.2, 0.25) is 0 Å². The van der Waals surface area contributed by atoms with E-state index in [0.29, 0.717) is 23.2 Å². The maximum atomic E-state index is 12.9. The third kappa shape index (κ3) is 4.26. The van der Waals surface area contributed by atoms with Crippen LogP contribution in [-0.4, -0.2) is 32.2 Å². The molecule has 0 saturated carbocycles. The fourth-order valence-corrected chi connectivity index (χ4v) is 3.28. The van der Waals surface area contributed by atoms with Crippen LogP contribution in [-0.2, 0) is 5.75 Å². The van der Waals surface area contributed by atoms with Crippen LogP contribution in [0.25, 0.3) is 0 Å². The number of halogens is 1. The molecule has 0 spiro atoms. The number of hydrogen-bond donors (Lipinski definition) is 3. The maximum Gasteiger partial charge on any atom is 0.232 e. The minimum Gasteiger partial charge on any atom is -0.368 e. The summed E-state index contributed by atoms with van der Waals surface area (Å²) in [6.07, 6.45) is 0. The molecule has 3 aromatic rings. The number of thioether (sulfide) groups is 1. The van der Waals surface area contributed by atoms with Gasteiger partial charge in [0.15, 0.2) is 4.34 Å². The van der Waals surface area contributed by atoms with Gasteiger partial charge in [-0.05, 0) is 24.3 Å². The molecule has 0 fully saturated rings. The Labute approximate surface area is 145 Å². The van der Waals surface area contributed by atoms with Gasteiger partial charge >= 0.3 is 0 Å². The van der Waals surface area contributed by atoms with Crippen molar-refractivity contribution >= 4 is 45.8 Å². The van der Waals surface area contributed by atoms with Crippen molar-refractivity contribution < 1.29 is 4.39 Å². The number of nitrogen functional groups attached to an aromatic ring is 1. The van der Waals surface area contributed by atoms with Gasteiger partial charge in [-0.1, -0.05) is 23.1 Å². The summed E-state index contributed by atoms with van der Waals surface area (Å²) < 4.78 is 13.7. The molecule has 2 heterocycles. The average Bonchev–Trinajstić information content (AvgIpc) is 3.03. The minimum atomic E-state index is -0.314. The van der Waals surface area contributed by atoms with Gasteiger partial charge in [-0.2, -0.15) is 15.0 Å². The Bertz CT molecular complexity index is 823. The molecule has 0 unspecified atom stereocenters. The van der Waals surface area contributed by atoms with Gasteiger partial charge < -0.3 is 16.4 Å². The van der Waals surface area contributed by atoms with E-state index in [1.54, 1.807) is 19.2 Å². The molecule has 8 nitrogen and oxygen atoms in total. The number of benzene rings is 1. The molecule has 0 amide bonds. The quantitative estimate of drug-likeness (QED) is 0.567. The molecule has 0 saturated heterocycles. The fourth-order valence-electron chi connectivity index (χ4n) is 1.72. The smallest absolute Gasteiger partial charge is 0.232 e. The standard InChI is InChI=1S/C13H13FN8S2/c1-16-12-21-22-13(24-12)23-6-9-18-10(15)20-11(19-9)17-8-4-2-7(14)3-5-8/h2-5H,6H2,1H3,(H,16,21)(H3,15,17,18,19,20). The lowest BCUT2D eigenvalue weighted by molar-refractivity contribution is 0.628. The first-order chi connectivity index (χ1) is 11.6. The highest BCUT2D eigenvalue weighted by molar-refractivity contribution is 8.00. The highest BCUT2D eigenvalue weighted by Gasteiger charge is 2.09. The molecular weight excluding hydrogens is 351 g/mol. The number of nitrogens with two attached hydrogens (primary N) is 1. The number of aromatic nitrogens is 5. The van der Waals surface area contributed by atoms with Crippen molar-refractivity contribution in [1.82, 2.24) is 25.1 Å². The molecule has 0 radical (unpaired) electrons. The van der Waals surface area contributed by atoms with Gasteiger partial charge in [-0.15, -0.1) is 10.2 Å². The number of nitrogens with zero attached hydrogens (tertiary/aromatic N) is 5. The first kappa shape index (κ1) is 16.3. The molecule has 24 heavy (non-hydrogen) atoms. The van der Waals surface area contributed by atoms with Crippen LogP contribution >= 0.6 is 23.1 Å². The van der Waals surface area contributed by atoms with Gasteiger partial charge in [0.2, 0.25) is 17.0 Å². The van der Waals surface area contributed by atoms with Crippen molar-refractivity contribution in [2.75, 3.05) is 23.4 Å². The number of rotatable bonds is 6. The fraction of sp³-hybridized carbons (Fsp3) is 0.154. The van der Waals surface area contributed by atoms with Crippen LogP contribution in [0.15, 0.2) is 28.6 Å². The van der Waals surface area contributed by atoms with Crippen LogP contribution < -0.4 is 16.4 Å².